The highest BCUT2D eigenvalue weighted by Gasteiger charge is 2.25. The van der Waals surface area contributed by atoms with Crippen molar-refractivity contribution >= 4 is 23.2 Å². The molecule has 3 heterocycles. The number of fused-ring (bicyclic) bond motifs is 1. The molecule has 4 rings (SSSR count). The molecular weight excluding hydrogens is 406 g/mol. The van der Waals surface area contributed by atoms with Gasteiger partial charge >= 0.3 is 5.97 Å². The van der Waals surface area contributed by atoms with Gasteiger partial charge in [0.2, 0.25) is 0 Å². The van der Waals surface area contributed by atoms with E-state index in [1.54, 1.807) is 72.2 Å². The molecule has 0 saturated heterocycles. The second-order valence-electron chi connectivity index (χ2n) is 7.00. The number of carbonyl (C=O) groups excluding carboxylic acids is 3. The number of nitrogens with one attached hydrogen (secondary N) is 1. The van der Waals surface area contributed by atoms with Gasteiger partial charge in [-0.25, -0.2) is 4.79 Å². The van der Waals surface area contributed by atoms with Gasteiger partial charge in [-0.05, 0) is 37.3 Å². The maximum absolute atomic E-state index is 13.2. The first-order chi connectivity index (χ1) is 15.6. The Balaban J connectivity index is 1.78. The van der Waals surface area contributed by atoms with Crippen LogP contribution in [0.15, 0.2) is 79.1 Å². The Morgan fingerprint density at radius 2 is 1.75 bits per heavy atom. The Hall–Kier alpha value is -4.26. The molecule has 0 aliphatic heterocycles. The molecule has 160 valence electrons. The summed E-state index contributed by atoms with van der Waals surface area (Å²) in [6.07, 6.45) is 3.30. The average molecular weight is 427 g/mol. The second-order valence-corrected chi connectivity index (χ2v) is 7.00. The van der Waals surface area contributed by atoms with Gasteiger partial charge in [0, 0.05) is 23.5 Å². The molecule has 0 aliphatic rings. The third kappa shape index (κ3) is 4.13. The number of hydrogen-bond donors (Lipinski definition) is 1. The van der Waals surface area contributed by atoms with Crippen LogP contribution in [-0.2, 0) is 11.3 Å². The number of ether oxygens (including phenoxy) is 1. The molecule has 0 aliphatic carbocycles. The SMILES string of the molecule is CCOC(=O)c1cc(C(=O)NCc2ccccn2)n2cccc(C(=O)c3ccccc3)c12. The van der Waals surface area contributed by atoms with Crippen molar-refractivity contribution in [3.8, 4) is 0 Å². The number of hydrogen-bond acceptors (Lipinski definition) is 5. The van der Waals surface area contributed by atoms with Gasteiger partial charge in [0.1, 0.15) is 5.69 Å². The quantitative estimate of drug-likeness (QED) is 0.359. The van der Waals surface area contributed by atoms with Gasteiger partial charge in [-0.2, -0.15) is 0 Å². The summed E-state index contributed by atoms with van der Waals surface area (Å²) in [7, 11) is 0. The van der Waals surface area contributed by atoms with Crippen LogP contribution >= 0.6 is 0 Å². The van der Waals surface area contributed by atoms with Crippen LogP contribution in [0.5, 0.6) is 0 Å². The lowest BCUT2D eigenvalue weighted by Gasteiger charge is -2.09. The maximum Gasteiger partial charge on any atom is 0.340 e. The van der Waals surface area contributed by atoms with Crippen LogP contribution in [0.4, 0.5) is 0 Å². The zero-order chi connectivity index (χ0) is 22.5. The Bertz CT molecular complexity index is 1280. The normalized spacial score (nSPS) is 10.7. The number of ketones is 1. The molecular formula is C25H21N3O4. The van der Waals surface area contributed by atoms with Crippen molar-refractivity contribution in [2.75, 3.05) is 6.61 Å². The van der Waals surface area contributed by atoms with E-state index in [9.17, 15) is 14.4 Å². The summed E-state index contributed by atoms with van der Waals surface area (Å²) in [5.41, 5.74) is 2.22. The van der Waals surface area contributed by atoms with E-state index >= 15 is 0 Å². The summed E-state index contributed by atoms with van der Waals surface area (Å²) in [5.74, 6) is -1.24. The Morgan fingerprint density at radius 1 is 0.969 bits per heavy atom. The number of esters is 1. The van der Waals surface area contributed by atoms with Crippen molar-refractivity contribution in [1.82, 2.24) is 14.7 Å². The molecule has 1 N–H and O–H groups in total. The van der Waals surface area contributed by atoms with Gasteiger partial charge < -0.3 is 14.5 Å². The number of nitrogens with zero attached hydrogens (tertiary/aromatic N) is 2. The standard InChI is InChI=1S/C25H21N3O4/c1-2-32-25(31)20-15-21(24(30)27-16-18-11-6-7-13-26-18)28-14-8-12-19(22(20)28)23(29)17-9-4-3-5-10-17/h3-15H,2,16H2,1H3,(H,27,30). The summed E-state index contributed by atoms with van der Waals surface area (Å²) in [4.78, 5) is 43.1. The van der Waals surface area contributed by atoms with Gasteiger partial charge in [-0.1, -0.05) is 36.4 Å². The molecule has 0 atom stereocenters. The predicted octanol–water partition coefficient (Wildman–Crippen LogP) is 3.67. The fraction of sp³-hybridized carbons (Fsp3) is 0.120. The third-order valence-corrected chi connectivity index (χ3v) is 4.95. The van der Waals surface area contributed by atoms with Gasteiger partial charge in [0.05, 0.1) is 29.9 Å². The smallest absolute Gasteiger partial charge is 0.340 e. The minimum Gasteiger partial charge on any atom is -0.462 e. The highest BCUT2D eigenvalue weighted by molar-refractivity contribution is 6.17. The van der Waals surface area contributed by atoms with E-state index in [0.29, 0.717) is 22.3 Å². The first-order valence-electron chi connectivity index (χ1n) is 10.2. The molecule has 0 unspecified atom stereocenters. The molecule has 7 nitrogen and oxygen atoms in total. The summed E-state index contributed by atoms with van der Waals surface area (Å²) >= 11 is 0. The number of aromatic nitrogens is 2. The van der Waals surface area contributed by atoms with Crippen molar-refractivity contribution in [1.29, 1.82) is 0 Å². The fourth-order valence-electron chi connectivity index (χ4n) is 3.49. The van der Waals surface area contributed by atoms with Crippen LogP contribution in [0.25, 0.3) is 5.52 Å². The molecule has 7 heteroatoms. The molecule has 0 bridgehead atoms. The topological polar surface area (TPSA) is 89.8 Å². The van der Waals surface area contributed by atoms with Gasteiger partial charge in [0.15, 0.2) is 5.78 Å². The van der Waals surface area contributed by atoms with Crippen LogP contribution in [0.1, 0.15) is 49.4 Å². The van der Waals surface area contributed by atoms with E-state index in [2.05, 4.69) is 10.3 Å². The minimum atomic E-state index is -0.595. The van der Waals surface area contributed by atoms with Crippen LogP contribution < -0.4 is 5.32 Å². The summed E-state index contributed by atoms with van der Waals surface area (Å²) < 4.78 is 6.75. The van der Waals surface area contributed by atoms with Crippen molar-refractivity contribution < 1.29 is 19.1 Å². The lowest BCUT2D eigenvalue weighted by Crippen LogP contribution is -2.24. The average Bonchev–Trinajstić information content (AvgIpc) is 3.24. The van der Waals surface area contributed by atoms with Crippen molar-refractivity contribution in [2.24, 2.45) is 0 Å². The number of rotatable bonds is 7. The molecule has 0 fully saturated rings. The summed E-state index contributed by atoms with van der Waals surface area (Å²) in [5, 5.41) is 2.81. The van der Waals surface area contributed by atoms with Gasteiger partial charge in [-0.15, -0.1) is 0 Å². The minimum absolute atomic E-state index is 0.162. The van der Waals surface area contributed by atoms with Crippen LogP contribution in [0, 0.1) is 0 Å². The van der Waals surface area contributed by atoms with E-state index in [1.165, 1.54) is 6.07 Å². The van der Waals surface area contributed by atoms with Crippen molar-refractivity contribution in [3.05, 3.63) is 107 Å². The van der Waals surface area contributed by atoms with Gasteiger partial charge in [0.25, 0.3) is 5.91 Å². The zero-order valence-corrected chi connectivity index (χ0v) is 17.4. The number of amides is 1. The van der Waals surface area contributed by atoms with Crippen LogP contribution in [-0.4, -0.2) is 33.7 Å². The van der Waals surface area contributed by atoms with Crippen molar-refractivity contribution in [3.63, 3.8) is 0 Å². The van der Waals surface area contributed by atoms with E-state index in [4.69, 9.17) is 4.74 Å². The van der Waals surface area contributed by atoms with E-state index in [0.717, 1.165) is 0 Å². The molecule has 4 aromatic rings. The summed E-state index contributed by atoms with van der Waals surface area (Å²) in [6.45, 7) is 2.10. The molecule has 0 saturated carbocycles. The predicted molar refractivity (Wildman–Crippen MR) is 119 cm³/mol. The van der Waals surface area contributed by atoms with Crippen LogP contribution in [0.2, 0.25) is 0 Å². The van der Waals surface area contributed by atoms with E-state index < -0.39 is 11.9 Å². The first-order valence-corrected chi connectivity index (χ1v) is 10.2. The molecule has 1 amide bonds. The molecule has 0 spiro atoms. The first kappa shape index (κ1) is 21.0. The third-order valence-electron chi connectivity index (χ3n) is 4.95. The van der Waals surface area contributed by atoms with Gasteiger partial charge in [-0.3, -0.25) is 14.6 Å². The largest absolute Gasteiger partial charge is 0.462 e. The van der Waals surface area contributed by atoms with Crippen LogP contribution in [0.3, 0.4) is 0 Å². The van der Waals surface area contributed by atoms with Crippen molar-refractivity contribution in [2.45, 2.75) is 13.5 Å². The zero-order valence-electron chi connectivity index (χ0n) is 17.4. The highest BCUT2D eigenvalue weighted by atomic mass is 16.5. The summed E-state index contributed by atoms with van der Waals surface area (Å²) in [6, 6.07) is 19.0. The molecule has 3 aromatic heterocycles. The lowest BCUT2D eigenvalue weighted by atomic mass is 10.0. The highest BCUT2D eigenvalue weighted by Crippen LogP contribution is 2.25. The number of carbonyl (C=O) groups is 3. The second kappa shape index (κ2) is 9.26. The Morgan fingerprint density at radius 3 is 2.47 bits per heavy atom. The monoisotopic (exact) mass is 427 g/mol. The molecule has 32 heavy (non-hydrogen) atoms. The number of benzene rings is 1. The molecule has 0 radical (unpaired) electrons. The Labute approximate surface area is 184 Å². The maximum atomic E-state index is 13.2. The molecule has 1 aromatic carbocycles. The lowest BCUT2D eigenvalue weighted by molar-refractivity contribution is 0.0528. The van der Waals surface area contributed by atoms with E-state index in [-0.39, 0.29) is 30.2 Å². The number of pyridine rings is 2. The fourth-order valence-corrected chi connectivity index (χ4v) is 3.49. The van der Waals surface area contributed by atoms with E-state index in [1.807, 2.05) is 12.1 Å². The Kier molecular flexibility index (Phi) is 6.07.